The zero-order chi connectivity index (χ0) is 27.9. The van der Waals surface area contributed by atoms with E-state index in [1.165, 1.54) is 9.80 Å². The second-order valence-electron chi connectivity index (χ2n) is 11.3. The number of amides is 4. The Morgan fingerprint density at radius 3 is 0.976 bits per heavy atom. The van der Waals surface area contributed by atoms with Gasteiger partial charge in [-0.1, -0.05) is 97.1 Å². The van der Waals surface area contributed by atoms with Crippen LogP contribution in [0, 0.1) is 23.7 Å². The Balaban J connectivity index is 1.43. The molecule has 0 spiro atoms. The van der Waals surface area contributed by atoms with Gasteiger partial charge in [0.2, 0.25) is 23.6 Å². The quantitative estimate of drug-likeness (QED) is 0.403. The lowest BCUT2D eigenvalue weighted by molar-refractivity contribution is -0.771. The van der Waals surface area contributed by atoms with Crippen LogP contribution in [0.25, 0.3) is 0 Å². The van der Waals surface area contributed by atoms with E-state index in [0.717, 1.165) is 11.1 Å². The predicted molar refractivity (Wildman–Crippen MR) is 150 cm³/mol. The first-order valence-corrected chi connectivity index (χ1v) is 13.9. The van der Waals surface area contributed by atoms with Gasteiger partial charge in [-0.15, -0.1) is 0 Å². The van der Waals surface area contributed by atoms with Gasteiger partial charge >= 0.3 is 0 Å². The summed E-state index contributed by atoms with van der Waals surface area (Å²) in [6, 6.07) is 36.9. The first-order valence-electron chi connectivity index (χ1n) is 13.9. The Morgan fingerprint density at radius 2 is 0.683 bits per heavy atom. The van der Waals surface area contributed by atoms with Gasteiger partial charge in [0.1, 0.15) is 34.7 Å². The van der Waals surface area contributed by atoms with Crippen LogP contribution in [0.2, 0.25) is 0 Å². The van der Waals surface area contributed by atoms with Crippen molar-refractivity contribution in [1.29, 1.82) is 0 Å². The van der Waals surface area contributed by atoms with Crippen LogP contribution >= 0.6 is 0 Å². The van der Waals surface area contributed by atoms with Crippen molar-refractivity contribution in [3.05, 3.63) is 132 Å². The number of carbonyl (C=O) groups is 4. The molecule has 2 unspecified atom stereocenters. The highest BCUT2D eigenvalue weighted by atomic mass is 16.2. The Kier molecular flexibility index (Phi) is 4.86. The summed E-state index contributed by atoms with van der Waals surface area (Å²) in [6.07, 6.45) is 0. The molecule has 4 heterocycles. The van der Waals surface area contributed by atoms with Gasteiger partial charge in [-0.05, 0) is 24.3 Å². The fourth-order valence-corrected chi connectivity index (χ4v) is 8.41. The van der Waals surface area contributed by atoms with E-state index >= 15 is 0 Å². The molecule has 2 bridgehead atoms. The normalized spacial score (nSPS) is 31.6. The summed E-state index contributed by atoms with van der Waals surface area (Å²) in [5.74, 6) is -4.69. The third-order valence-corrected chi connectivity index (χ3v) is 9.72. The molecule has 4 aliphatic heterocycles. The molecule has 0 saturated carbocycles. The summed E-state index contributed by atoms with van der Waals surface area (Å²) in [5.41, 5.74) is 0.227. The van der Waals surface area contributed by atoms with Crippen LogP contribution in [0.5, 0.6) is 0 Å². The topological polar surface area (TPSA) is 91.4 Å². The molecule has 4 aromatic rings. The lowest BCUT2D eigenvalue weighted by Gasteiger charge is -2.35. The van der Waals surface area contributed by atoms with Gasteiger partial charge in [0.15, 0.2) is 0 Å². The molecule has 4 fully saturated rings. The number of para-hydroxylation sites is 2. The fraction of sp³-hybridized carbons (Fsp3) is 0.176. The Hall–Kier alpha value is -4.88. The summed E-state index contributed by atoms with van der Waals surface area (Å²) in [5, 5.41) is 2.05. The van der Waals surface area contributed by atoms with Crippen molar-refractivity contribution in [2.75, 3.05) is 9.80 Å². The first kappa shape index (κ1) is 24.0. The fourth-order valence-electron chi connectivity index (χ4n) is 8.41. The van der Waals surface area contributed by atoms with Gasteiger partial charge in [0.25, 0.3) is 0 Å². The minimum Gasteiger partial charge on any atom is -0.326 e. The number of fused-ring (bicyclic) bond motifs is 8. The second-order valence-corrected chi connectivity index (χ2v) is 11.3. The van der Waals surface area contributed by atoms with Crippen molar-refractivity contribution in [3.63, 3.8) is 0 Å². The molecule has 200 valence electrons. The van der Waals surface area contributed by atoms with E-state index in [1.54, 1.807) is 48.5 Å². The number of quaternary nitrogens is 1. The van der Waals surface area contributed by atoms with Crippen molar-refractivity contribution in [2.24, 2.45) is 23.7 Å². The van der Waals surface area contributed by atoms with Crippen LogP contribution in [0.1, 0.15) is 11.1 Å². The van der Waals surface area contributed by atoms with E-state index in [4.69, 9.17) is 0 Å². The van der Waals surface area contributed by atoms with Gasteiger partial charge in [-0.25, -0.2) is 9.80 Å². The predicted octanol–water partition coefficient (Wildman–Crippen LogP) is 2.98. The molecule has 2 N–H and O–H groups in total. The summed E-state index contributed by atoms with van der Waals surface area (Å²) in [6.45, 7) is 0. The molecule has 4 aliphatic rings. The van der Waals surface area contributed by atoms with Crippen molar-refractivity contribution in [3.8, 4) is 0 Å². The molecule has 8 rings (SSSR count). The van der Waals surface area contributed by atoms with E-state index < -0.39 is 34.7 Å². The summed E-state index contributed by atoms with van der Waals surface area (Å²) < 4.78 is 0. The molecule has 4 amide bonds. The number of carbonyl (C=O) groups excluding carboxylic acids is 4. The van der Waals surface area contributed by atoms with E-state index in [0.29, 0.717) is 11.4 Å². The number of benzene rings is 4. The number of anilines is 2. The Morgan fingerprint density at radius 1 is 0.415 bits per heavy atom. The molecule has 0 aliphatic carbocycles. The van der Waals surface area contributed by atoms with Crippen LogP contribution in [0.3, 0.4) is 0 Å². The summed E-state index contributed by atoms with van der Waals surface area (Å²) in [4.78, 5) is 60.7. The average molecular weight is 541 g/mol. The monoisotopic (exact) mass is 540 g/mol. The van der Waals surface area contributed by atoms with Crippen molar-refractivity contribution in [1.82, 2.24) is 0 Å². The number of rotatable bonds is 4. The average Bonchev–Trinajstić information content (AvgIpc) is 3.69. The van der Waals surface area contributed by atoms with E-state index in [2.05, 4.69) is 0 Å². The second kappa shape index (κ2) is 8.32. The number of imide groups is 2. The molecule has 6 atom stereocenters. The number of hydrogen-bond donors (Lipinski definition) is 1. The SMILES string of the molecule is O=C1[C@@H]2[C@@H](C(=O)N1c1ccccc1)C1(c3ccccc3)[NH2+]C2(c2ccccc2)[C@H]2C(=O)N(c3ccccc3)C(=O)[C@@H]21. The third kappa shape index (κ3) is 2.81. The molecular weight excluding hydrogens is 514 g/mol. The summed E-state index contributed by atoms with van der Waals surface area (Å²) in [7, 11) is 0. The highest BCUT2D eigenvalue weighted by Crippen LogP contribution is 2.66. The molecule has 0 aromatic heterocycles. The van der Waals surface area contributed by atoms with Crippen LogP contribution in [0.4, 0.5) is 11.4 Å². The lowest BCUT2D eigenvalue weighted by Crippen LogP contribution is -2.99. The standard InChI is InChI=1S/C34H25N3O4/c38-29-25-27(31(40)36(29)23-17-9-3-10-18-23)34(22-15-7-2-8-16-22)28-26(33(25,35-34)21-13-5-1-6-14-21)30(39)37(32(28)41)24-19-11-4-12-20-24/h1-20,25-28,35H/p+1/t25-,26+,27-,28+,33?,34?. The maximum atomic E-state index is 14.5. The number of hydrogen-bond acceptors (Lipinski definition) is 4. The molecule has 7 nitrogen and oxygen atoms in total. The smallest absolute Gasteiger partial charge is 0.244 e. The van der Waals surface area contributed by atoms with Gasteiger partial charge in [0, 0.05) is 11.1 Å². The maximum absolute atomic E-state index is 14.5. The lowest BCUT2D eigenvalue weighted by atomic mass is 9.55. The Labute approximate surface area is 236 Å². The zero-order valence-electron chi connectivity index (χ0n) is 22.0. The number of nitrogens with zero attached hydrogens (tertiary/aromatic N) is 2. The minimum atomic E-state index is -1.15. The molecular formula is C34H26N3O4+. The van der Waals surface area contributed by atoms with Crippen molar-refractivity contribution < 1.29 is 24.5 Å². The van der Waals surface area contributed by atoms with E-state index in [9.17, 15) is 19.2 Å². The van der Waals surface area contributed by atoms with Crippen LogP contribution < -0.4 is 15.1 Å². The van der Waals surface area contributed by atoms with Crippen LogP contribution in [-0.4, -0.2) is 23.6 Å². The van der Waals surface area contributed by atoms with Crippen molar-refractivity contribution in [2.45, 2.75) is 11.1 Å². The first-order chi connectivity index (χ1) is 20.0. The van der Waals surface area contributed by atoms with Gasteiger partial charge < -0.3 is 5.32 Å². The number of nitrogens with two attached hydrogens (primary N) is 1. The Bertz CT molecular complexity index is 1550. The molecule has 4 saturated heterocycles. The van der Waals surface area contributed by atoms with Crippen LogP contribution in [0.15, 0.2) is 121 Å². The third-order valence-electron chi connectivity index (χ3n) is 9.72. The maximum Gasteiger partial charge on any atom is 0.244 e. The molecule has 4 aromatic carbocycles. The molecule has 41 heavy (non-hydrogen) atoms. The highest BCUT2D eigenvalue weighted by molar-refractivity contribution is 6.27. The van der Waals surface area contributed by atoms with E-state index in [-0.39, 0.29) is 23.6 Å². The largest absolute Gasteiger partial charge is 0.326 e. The highest BCUT2D eigenvalue weighted by Gasteiger charge is 2.89. The van der Waals surface area contributed by atoms with Gasteiger partial charge in [0.05, 0.1) is 11.4 Å². The minimum absolute atomic E-state index is 0.332. The molecule has 0 radical (unpaired) electrons. The van der Waals surface area contributed by atoms with Gasteiger partial charge in [-0.2, -0.15) is 0 Å². The van der Waals surface area contributed by atoms with Crippen LogP contribution in [-0.2, 0) is 30.3 Å². The summed E-state index contributed by atoms with van der Waals surface area (Å²) >= 11 is 0. The zero-order valence-corrected chi connectivity index (χ0v) is 22.0. The van der Waals surface area contributed by atoms with E-state index in [1.807, 2.05) is 78.1 Å². The molecule has 7 heteroatoms. The van der Waals surface area contributed by atoms with Crippen molar-refractivity contribution >= 4 is 35.0 Å². The van der Waals surface area contributed by atoms with Gasteiger partial charge in [-0.3, -0.25) is 19.2 Å².